The van der Waals surface area contributed by atoms with Crippen LogP contribution in [0.4, 0.5) is 0 Å². The van der Waals surface area contributed by atoms with Gasteiger partial charge in [0, 0.05) is 5.88 Å². The Morgan fingerprint density at radius 2 is 2.22 bits per heavy atom. The Labute approximate surface area is 60.9 Å². The van der Waals surface area contributed by atoms with E-state index < -0.39 is 0 Å². The number of allylic oxidation sites excluding steroid dienone is 2. The normalized spacial score (nSPS) is 46.6. The standard InChI is InChI=1S/C8H11Cl/c9-5-8-4-6-1-2-7(8)3-6/h1-2,6-8H,3-5H2/t6-,7+,8+/m0/s1. The Morgan fingerprint density at radius 1 is 1.33 bits per heavy atom. The third kappa shape index (κ3) is 0.806. The molecule has 2 bridgehead atoms. The van der Waals surface area contributed by atoms with E-state index in [-0.39, 0.29) is 0 Å². The average Bonchev–Trinajstić information content (AvgIpc) is 2.45. The molecule has 0 radical (unpaired) electrons. The molecule has 2 aliphatic carbocycles. The van der Waals surface area contributed by atoms with Gasteiger partial charge in [0.15, 0.2) is 0 Å². The minimum Gasteiger partial charge on any atom is -0.126 e. The van der Waals surface area contributed by atoms with Crippen molar-refractivity contribution in [2.45, 2.75) is 12.8 Å². The second-order valence-corrected chi connectivity index (χ2v) is 3.50. The van der Waals surface area contributed by atoms with Gasteiger partial charge in [-0.15, -0.1) is 11.6 Å². The van der Waals surface area contributed by atoms with Gasteiger partial charge in [0.05, 0.1) is 0 Å². The molecule has 0 unspecified atom stereocenters. The second kappa shape index (κ2) is 2.02. The van der Waals surface area contributed by atoms with Crippen LogP contribution >= 0.6 is 11.6 Å². The van der Waals surface area contributed by atoms with E-state index in [9.17, 15) is 0 Å². The highest BCUT2D eigenvalue weighted by Crippen LogP contribution is 2.43. The van der Waals surface area contributed by atoms with E-state index in [4.69, 9.17) is 11.6 Å². The first-order chi connectivity index (χ1) is 4.40. The van der Waals surface area contributed by atoms with Gasteiger partial charge in [-0.3, -0.25) is 0 Å². The highest BCUT2D eigenvalue weighted by Gasteiger charge is 2.34. The smallest absolute Gasteiger partial charge is 0.0257 e. The first-order valence-electron chi connectivity index (χ1n) is 3.64. The van der Waals surface area contributed by atoms with Crippen LogP contribution in [-0.2, 0) is 0 Å². The quantitative estimate of drug-likeness (QED) is 0.390. The highest BCUT2D eigenvalue weighted by molar-refractivity contribution is 6.18. The topological polar surface area (TPSA) is 0 Å². The van der Waals surface area contributed by atoms with E-state index in [1.807, 2.05) is 0 Å². The maximum Gasteiger partial charge on any atom is 0.0257 e. The molecule has 1 saturated carbocycles. The Morgan fingerprint density at radius 3 is 2.56 bits per heavy atom. The van der Waals surface area contributed by atoms with Gasteiger partial charge >= 0.3 is 0 Å². The lowest BCUT2D eigenvalue weighted by Crippen LogP contribution is -2.07. The number of fused-ring (bicyclic) bond motifs is 2. The lowest BCUT2D eigenvalue weighted by molar-refractivity contribution is 0.499. The molecule has 2 rings (SSSR count). The van der Waals surface area contributed by atoms with Gasteiger partial charge in [0.2, 0.25) is 0 Å². The third-order valence-electron chi connectivity index (χ3n) is 2.61. The molecule has 1 fully saturated rings. The third-order valence-corrected chi connectivity index (χ3v) is 3.01. The summed E-state index contributed by atoms with van der Waals surface area (Å²) in [6.45, 7) is 0. The molecule has 9 heavy (non-hydrogen) atoms. The molecule has 0 saturated heterocycles. The molecule has 50 valence electrons. The number of hydrogen-bond donors (Lipinski definition) is 0. The lowest BCUT2D eigenvalue weighted by Gasteiger charge is -2.13. The molecule has 0 spiro atoms. The second-order valence-electron chi connectivity index (χ2n) is 3.19. The molecule has 0 amide bonds. The molecule has 2 aliphatic rings. The van der Waals surface area contributed by atoms with Crippen LogP contribution in [0.15, 0.2) is 12.2 Å². The zero-order valence-corrected chi connectivity index (χ0v) is 6.14. The molecule has 0 aliphatic heterocycles. The van der Waals surface area contributed by atoms with Crippen molar-refractivity contribution in [3.05, 3.63) is 12.2 Å². The zero-order chi connectivity index (χ0) is 6.27. The summed E-state index contributed by atoms with van der Waals surface area (Å²) in [6, 6.07) is 0. The average molecular weight is 143 g/mol. The maximum atomic E-state index is 5.77. The van der Waals surface area contributed by atoms with E-state index in [1.54, 1.807) is 0 Å². The first kappa shape index (κ1) is 5.79. The van der Waals surface area contributed by atoms with E-state index in [0.717, 1.165) is 23.6 Å². The van der Waals surface area contributed by atoms with Crippen LogP contribution in [-0.4, -0.2) is 5.88 Å². The summed E-state index contributed by atoms with van der Waals surface area (Å²) in [5, 5.41) is 0. The van der Waals surface area contributed by atoms with E-state index in [1.165, 1.54) is 12.8 Å². The van der Waals surface area contributed by atoms with Crippen LogP contribution in [0.1, 0.15) is 12.8 Å². The van der Waals surface area contributed by atoms with Crippen molar-refractivity contribution in [1.29, 1.82) is 0 Å². The summed E-state index contributed by atoms with van der Waals surface area (Å²) in [4.78, 5) is 0. The van der Waals surface area contributed by atoms with Crippen molar-refractivity contribution in [3.8, 4) is 0 Å². The van der Waals surface area contributed by atoms with Crippen molar-refractivity contribution in [2.24, 2.45) is 17.8 Å². The van der Waals surface area contributed by atoms with Crippen molar-refractivity contribution in [2.75, 3.05) is 5.88 Å². The molecule has 1 heteroatoms. The number of hydrogen-bond acceptors (Lipinski definition) is 0. The van der Waals surface area contributed by atoms with Crippen molar-refractivity contribution >= 4 is 11.6 Å². The van der Waals surface area contributed by atoms with Crippen molar-refractivity contribution in [3.63, 3.8) is 0 Å². The minimum absolute atomic E-state index is 0.807. The van der Waals surface area contributed by atoms with Crippen LogP contribution in [0.2, 0.25) is 0 Å². The van der Waals surface area contributed by atoms with Crippen LogP contribution < -0.4 is 0 Å². The van der Waals surface area contributed by atoms with Crippen LogP contribution in [0.5, 0.6) is 0 Å². The number of rotatable bonds is 1. The maximum absolute atomic E-state index is 5.77. The summed E-state index contributed by atoms with van der Waals surface area (Å²) in [5.74, 6) is 3.40. The summed E-state index contributed by atoms with van der Waals surface area (Å²) >= 11 is 5.77. The minimum atomic E-state index is 0.807. The molecule has 3 atom stereocenters. The van der Waals surface area contributed by atoms with Gasteiger partial charge in [0.25, 0.3) is 0 Å². The van der Waals surface area contributed by atoms with E-state index in [0.29, 0.717) is 0 Å². The monoisotopic (exact) mass is 142 g/mol. The fourth-order valence-corrected chi connectivity index (χ4v) is 2.43. The SMILES string of the molecule is ClC[C@H]1C[C@H]2C=C[C@@H]1C2. The molecule has 0 aromatic heterocycles. The molecule has 0 nitrogen and oxygen atoms in total. The van der Waals surface area contributed by atoms with Gasteiger partial charge in [-0.25, -0.2) is 0 Å². The Hall–Kier alpha value is 0.0300. The molecular weight excluding hydrogens is 132 g/mol. The van der Waals surface area contributed by atoms with Gasteiger partial charge in [-0.05, 0) is 30.6 Å². The number of alkyl halides is 1. The molecular formula is C8H11Cl. The Kier molecular flexibility index (Phi) is 1.30. The van der Waals surface area contributed by atoms with Gasteiger partial charge in [-0.2, -0.15) is 0 Å². The fraction of sp³-hybridized carbons (Fsp3) is 0.750. The van der Waals surface area contributed by atoms with Gasteiger partial charge < -0.3 is 0 Å². The number of halogens is 1. The molecule has 0 aromatic carbocycles. The van der Waals surface area contributed by atoms with Crippen molar-refractivity contribution < 1.29 is 0 Å². The van der Waals surface area contributed by atoms with Crippen molar-refractivity contribution in [1.82, 2.24) is 0 Å². The molecule has 0 heterocycles. The Bertz CT molecular complexity index is 140. The van der Waals surface area contributed by atoms with E-state index >= 15 is 0 Å². The van der Waals surface area contributed by atoms with Crippen LogP contribution in [0.3, 0.4) is 0 Å². The van der Waals surface area contributed by atoms with Gasteiger partial charge in [-0.1, -0.05) is 12.2 Å². The van der Waals surface area contributed by atoms with Crippen LogP contribution in [0, 0.1) is 17.8 Å². The Balaban J connectivity index is 2.10. The predicted octanol–water partition coefficient (Wildman–Crippen LogP) is 2.44. The van der Waals surface area contributed by atoms with Crippen LogP contribution in [0.25, 0.3) is 0 Å². The molecule has 0 aromatic rings. The highest BCUT2D eigenvalue weighted by atomic mass is 35.5. The lowest BCUT2D eigenvalue weighted by atomic mass is 9.96. The predicted molar refractivity (Wildman–Crippen MR) is 39.6 cm³/mol. The summed E-state index contributed by atoms with van der Waals surface area (Å²) in [5.41, 5.74) is 0. The van der Waals surface area contributed by atoms with E-state index in [2.05, 4.69) is 12.2 Å². The zero-order valence-electron chi connectivity index (χ0n) is 5.39. The molecule has 0 N–H and O–H groups in total. The summed E-state index contributed by atoms with van der Waals surface area (Å²) < 4.78 is 0. The van der Waals surface area contributed by atoms with Gasteiger partial charge in [0.1, 0.15) is 0 Å². The fourth-order valence-electron chi connectivity index (χ4n) is 2.07. The largest absolute Gasteiger partial charge is 0.126 e. The summed E-state index contributed by atoms with van der Waals surface area (Å²) in [6.07, 6.45) is 7.44. The first-order valence-corrected chi connectivity index (χ1v) is 4.18. The summed E-state index contributed by atoms with van der Waals surface area (Å²) in [7, 11) is 0.